The highest BCUT2D eigenvalue weighted by atomic mass is 35.5. The van der Waals surface area contributed by atoms with Crippen molar-refractivity contribution in [2.24, 2.45) is 0 Å². The van der Waals surface area contributed by atoms with E-state index in [1.807, 2.05) is 18.2 Å². The van der Waals surface area contributed by atoms with Gasteiger partial charge in [-0.15, -0.1) is 0 Å². The van der Waals surface area contributed by atoms with Gasteiger partial charge in [-0.2, -0.15) is 0 Å². The zero-order valence-electron chi connectivity index (χ0n) is 17.7. The normalized spacial score (nSPS) is 13.3. The number of carbonyl (C=O) groups is 1. The predicted octanol–water partition coefficient (Wildman–Crippen LogP) is 4.81. The summed E-state index contributed by atoms with van der Waals surface area (Å²) in [5, 5.41) is 27.1. The zero-order chi connectivity index (χ0) is 22.5. The molecule has 0 aliphatic heterocycles. The fourth-order valence-electron chi connectivity index (χ4n) is 3.99. The fourth-order valence-corrected chi connectivity index (χ4v) is 4.16. The highest BCUT2D eigenvalue weighted by molar-refractivity contribution is 6.31. The Kier molecular flexibility index (Phi) is 6.81. The van der Waals surface area contributed by atoms with Gasteiger partial charge in [0.2, 0.25) is 5.91 Å². The van der Waals surface area contributed by atoms with Crippen LogP contribution in [0.2, 0.25) is 5.02 Å². The Labute approximate surface area is 191 Å². The number of carbonyl (C=O) groups excluding carboxylic acids is 1. The molecule has 0 radical (unpaired) electrons. The van der Waals surface area contributed by atoms with Crippen LogP contribution in [0.25, 0.3) is 17.0 Å². The largest absolute Gasteiger partial charge is 0.504 e. The van der Waals surface area contributed by atoms with E-state index in [4.69, 9.17) is 16.6 Å². The van der Waals surface area contributed by atoms with Crippen molar-refractivity contribution in [1.82, 2.24) is 10.3 Å². The van der Waals surface area contributed by atoms with E-state index < -0.39 is 0 Å². The van der Waals surface area contributed by atoms with Crippen LogP contribution in [0.15, 0.2) is 42.5 Å². The summed E-state index contributed by atoms with van der Waals surface area (Å²) in [5.74, 6) is -0.615. The molecule has 32 heavy (non-hydrogen) atoms. The van der Waals surface area contributed by atoms with Crippen LogP contribution in [-0.2, 0) is 17.6 Å². The molecule has 1 aliphatic carbocycles. The first-order valence-corrected chi connectivity index (χ1v) is 11.2. The first kappa shape index (κ1) is 22.0. The van der Waals surface area contributed by atoms with Crippen molar-refractivity contribution in [2.75, 3.05) is 18.4 Å². The summed E-state index contributed by atoms with van der Waals surface area (Å²) in [6.07, 6.45) is 8.12. The van der Waals surface area contributed by atoms with E-state index in [0.29, 0.717) is 17.1 Å². The zero-order valence-corrected chi connectivity index (χ0v) is 18.5. The van der Waals surface area contributed by atoms with Crippen molar-refractivity contribution >= 4 is 40.2 Å². The topological polar surface area (TPSA) is 94.5 Å². The lowest BCUT2D eigenvalue weighted by atomic mass is 9.92. The third kappa shape index (κ3) is 5.14. The molecule has 0 atom stereocenters. The van der Waals surface area contributed by atoms with Crippen LogP contribution >= 0.6 is 11.6 Å². The second kappa shape index (κ2) is 9.92. The molecule has 4 rings (SSSR count). The molecule has 1 heterocycles. The number of benzene rings is 2. The van der Waals surface area contributed by atoms with E-state index in [9.17, 15) is 15.0 Å². The third-order valence-electron chi connectivity index (χ3n) is 5.61. The van der Waals surface area contributed by atoms with E-state index in [2.05, 4.69) is 10.6 Å². The number of anilines is 1. The molecule has 1 aliphatic rings. The number of rotatable bonds is 7. The standard InChI is InChI=1S/C25H26ClN3O3/c26-17-8-9-19-21(15-17)29-20-5-2-1-4-18(20)25(19)28-13-3-12-27-24(32)11-7-16-6-10-22(30)23(31)14-16/h6-11,14-15,30-31H,1-5,12-13H2,(H,27,32)(H,28,29)/b11-7+. The number of nitrogens with one attached hydrogen (secondary N) is 2. The van der Waals surface area contributed by atoms with Crippen molar-refractivity contribution < 1.29 is 15.0 Å². The molecule has 0 saturated heterocycles. The summed E-state index contributed by atoms with van der Waals surface area (Å²) in [6, 6.07) is 10.2. The minimum absolute atomic E-state index is 0.189. The quantitative estimate of drug-likeness (QED) is 0.235. The molecule has 0 unspecified atom stereocenters. The number of pyridine rings is 1. The maximum atomic E-state index is 12.0. The highest BCUT2D eigenvalue weighted by Crippen LogP contribution is 2.34. The lowest BCUT2D eigenvalue weighted by Crippen LogP contribution is -2.24. The molecule has 0 bridgehead atoms. The van der Waals surface area contributed by atoms with Gasteiger partial charge in [-0.25, -0.2) is 0 Å². The average Bonchev–Trinajstić information content (AvgIpc) is 2.78. The predicted molar refractivity (Wildman–Crippen MR) is 128 cm³/mol. The Balaban J connectivity index is 1.33. The Morgan fingerprint density at radius 2 is 1.91 bits per heavy atom. The number of halogens is 1. The van der Waals surface area contributed by atoms with Crippen molar-refractivity contribution in [3.63, 3.8) is 0 Å². The molecular formula is C25H26ClN3O3. The Hall–Kier alpha value is -3.25. The summed E-state index contributed by atoms with van der Waals surface area (Å²) in [7, 11) is 0. The second-order valence-corrected chi connectivity index (χ2v) is 8.37. The number of hydrogen-bond donors (Lipinski definition) is 4. The Morgan fingerprint density at radius 3 is 2.75 bits per heavy atom. The molecule has 166 valence electrons. The number of aromatic hydroxyl groups is 2. The molecule has 1 amide bonds. The van der Waals surface area contributed by atoms with Crippen LogP contribution in [0.5, 0.6) is 11.5 Å². The molecule has 0 fully saturated rings. The van der Waals surface area contributed by atoms with E-state index in [1.54, 1.807) is 12.1 Å². The third-order valence-corrected chi connectivity index (χ3v) is 5.84. The number of hydrogen-bond acceptors (Lipinski definition) is 5. The summed E-state index contributed by atoms with van der Waals surface area (Å²) in [6.45, 7) is 1.26. The number of fused-ring (bicyclic) bond motifs is 2. The molecule has 1 aromatic heterocycles. The van der Waals surface area contributed by atoms with Gasteiger partial charge < -0.3 is 20.8 Å². The molecule has 7 heteroatoms. The van der Waals surface area contributed by atoms with Crippen LogP contribution in [0.4, 0.5) is 5.69 Å². The maximum absolute atomic E-state index is 12.0. The van der Waals surface area contributed by atoms with Crippen molar-refractivity contribution in [3.05, 3.63) is 64.3 Å². The maximum Gasteiger partial charge on any atom is 0.244 e. The summed E-state index contributed by atoms with van der Waals surface area (Å²) >= 11 is 6.18. The minimum atomic E-state index is -0.216. The lowest BCUT2D eigenvalue weighted by Gasteiger charge is -2.22. The van der Waals surface area contributed by atoms with Gasteiger partial charge in [-0.05, 0) is 79.6 Å². The summed E-state index contributed by atoms with van der Waals surface area (Å²) in [5.41, 5.74) is 5.15. The molecule has 3 aromatic rings. The SMILES string of the molecule is O=C(/C=C/c1ccc(O)c(O)c1)NCCCNc1c2c(nc3cc(Cl)ccc13)CCCC2. The molecule has 2 aromatic carbocycles. The first-order valence-electron chi connectivity index (χ1n) is 10.8. The summed E-state index contributed by atoms with van der Waals surface area (Å²) in [4.78, 5) is 16.9. The molecule has 4 N–H and O–H groups in total. The molecule has 0 saturated carbocycles. The van der Waals surface area contributed by atoms with E-state index in [-0.39, 0.29) is 17.4 Å². The van der Waals surface area contributed by atoms with Crippen LogP contribution in [0.1, 0.15) is 36.1 Å². The van der Waals surface area contributed by atoms with Crippen LogP contribution < -0.4 is 10.6 Å². The lowest BCUT2D eigenvalue weighted by molar-refractivity contribution is -0.116. The van der Waals surface area contributed by atoms with Crippen molar-refractivity contribution in [3.8, 4) is 11.5 Å². The number of nitrogens with zero attached hydrogens (tertiary/aromatic N) is 1. The van der Waals surface area contributed by atoms with Crippen LogP contribution in [-0.4, -0.2) is 34.2 Å². The fraction of sp³-hybridized carbons (Fsp3) is 0.280. The van der Waals surface area contributed by atoms with Crippen LogP contribution in [0.3, 0.4) is 0 Å². The molecular weight excluding hydrogens is 426 g/mol. The van der Waals surface area contributed by atoms with Gasteiger partial charge in [0.15, 0.2) is 11.5 Å². The number of phenols is 2. The van der Waals surface area contributed by atoms with Gasteiger partial charge in [-0.3, -0.25) is 9.78 Å². The van der Waals surface area contributed by atoms with Gasteiger partial charge in [0, 0.05) is 41.0 Å². The Morgan fingerprint density at radius 1 is 1.06 bits per heavy atom. The summed E-state index contributed by atoms with van der Waals surface area (Å²) < 4.78 is 0. The van der Waals surface area contributed by atoms with Gasteiger partial charge in [-0.1, -0.05) is 17.7 Å². The average molecular weight is 452 g/mol. The van der Waals surface area contributed by atoms with E-state index in [0.717, 1.165) is 54.5 Å². The first-order chi connectivity index (χ1) is 15.5. The number of phenolic OH excluding ortho intramolecular Hbond substituents is 2. The molecule has 0 spiro atoms. The highest BCUT2D eigenvalue weighted by Gasteiger charge is 2.18. The van der Waals surface area contributed by atoms with Crippen LogP contribution in [0, 0.1) is 0 Å². The van der Waals surface area contributed by atoms with Crippen molar-refractivity contribution in [1.29, 1.82) is 0 Å². The smallest absolute Gasteiger partial charge is 0.244 e. The van der Waals surface area contributed by atoms with E-state index >= 15 is 0 Å². The van der Waals surface area contributed by atoms with Gasteiger partial charge in [0.1, 0.15) is 0 Å². The number of amides is 1. The van der Waals surface area contributed by atoms with E-state index in [1.165, 1.54) is 30.2 Å². The number of aromatic nitrogens is 1. The second-order valence-electron chi connectivity index (χ2n) is 7.93. The van der Waals surface area contributed by atoms with Crippen molar-refractivity contribution in [2.45, 2.75) is 32.1 Å². The van der Waals surface area contributed by atoms with Gasteiger partial charge >= 0.3 is 0 Å². The minimum Gasteiger partial charge on any atom is -0.504 e. The number of aryl methyl sites for hydroxylation is 1. The Bertz CT molecular complexity index is 1180. The van der Waals surface area contributed by atoms with Gasteiger partial charge in [0.25, 0.3) is 0 Å². The molecule has 6 nitrogen and oxygen atoms in total. The van der Waals surface area contributed by atoms with Gasteiger partial charge in [0.05, 0.1) is 5.52 Å². The monoisotopic (exact) mass is 451 g/mol.